The smallest absolute Gasteiger partial charge is 0.199 e. The first-order valence-corrected chi connectivity index (χ1v) is 10.5. The van der Waals surface area contributed by atoms with Crippen molar-refractivity contribution in [2.45, 2.75) is 46.8 Å². The molecule has 27 heavy (non-hydrogen) atoms. The molecule has 3 rings (SSSR count). The highest BCUT2D eigenvalue weighted by atomic mass is 32.1. The third-order valence-electron chi connectivity index (χ3n) is 5.13. The Kier molecular flexibility index (Phi) is 7.15. The van der Waals surface area contributed by atoms with E-state index in [1.807, 2.05) is 29.2 Å². The molecule has 0 amide bonds. The molecule has 0 aliphatic carbocycles. The topological polar surface area (TPSA) is 42.1 Å². The van der Waals surface area contributed by atoms with Gasteiger partial charge in [-0.15, -0.1) is 0 Å². The molecule has 1 saturated heterocycles. The highest BCUT2D eigenvalue weighted by Crippen LogP contribution is 2.18. The van der Waals surface area contributed by atoms with Gasteiger partial charge in [0.2, 0.25) is 0 Å². The van der Waals surface area contributed by atoms with E-state index in [4.69, 9.17) is 17.3 Å². The molecule has 148 valence electrons. The van der Waals surface area contributed by atoms with Crippen molar-refractivity contribution in [3.63, 3.8) is 0 Å². The van der Waals surface area contributed by atoms with E-state index in [1.165, 1.54) is 13.0 Å². The lowest BCUT2D eigenvalue weighted by Gasteiger charge is -2.34. The van der Waals surface area contributed by atoms with Crippen molar-refractivity contribution in [2.75, 3.05) is 32.7 Å². The molecule has 0 radical (unpaired) electrons. The summed E-state index contributed by atoms with van der Waals surface area (Å²) in [6.45, 7) is 14.0. The molecule has 6 nitrogen and oxygen atoms in total. The second-order valence-corrected chi connectivity index (χ2v) is 8.14. The van der Waals surface area contributed by atoms with E-state index in [0.29, 0.717) is 0 Å². The Balaban J connectivity index is 1.68. The van der Waals surface area contributed by atoms with Crippen molar-refractivity contribution in [1.82, 2.24) is 29.1 Å². The van der Waals surface area contributed by atoms with Crippen molar-refractivity contribution in [3.8, 4) is 11.4 Å². The van der Waals surface area contributed by atoms with E-state index in [-0.39, 0.29) is 0 Å². The fourth-order valence-corrected chi connectivity index (χ4v) is 3.73. The van der Waals surface area contributed by atoms with Gasteiger partial charge in [-0.2, -0.15) is 5.10 Å². The van der Waals surface area contributed by atoms with Crippen LogP contribution in [0.1, 0.15) is 33.6 Å². The van der Waals surface area contributed by atoms with E-state index in [2.05, 4.69) is 40.1 Å². The van der Waals surface area contributed by atoms with Crippen LogP contribution in [-0.4, -0.2) is 61.9 Å². The Hall–Kier alpha value is -1.57. The van der Waals surface area contributed by atoms with Crippen molar-refractivity contribution >= 4 is 12.2 Å². The van der Waals surface area contributed by atoms with Crippen LogP contribution in [-0.2, 0) is 13.2 Å². The second-order valence-electron chi connectivity index (χ2n) is 7.78. The summed E-state index contributed by atoms with van der Waals surface area (Å²) >= 11 is 5.75. The first kappa shape index (κ1) is 20.2. The molecule has 7 heteroatoms. The molecule has 0 saturated carbocycles. The van der Waals surface area contributed by atoms with E-state index >= 15 is 0 Å². The van der Waals surface area contributed by atoms with Gasteiger partial charge >= 0.3 is 0 Å². The molecule has 0 aromatic carbocycles. The summed E-state index contributed by atoms with van der Waals surface area (Å²) in [6.07, 6.45) is 5.93. The average Bonchev–Trinajstić information content (AvgIpc) is 2.98. The number of nitrogens with zero attached hydrogens (tertiary/aromatic N) is 6. The van der Waals surface area contributed by atoms with Crippen LogP contribution in [0.25, 0.3) is 11.4 Å². The van der Waals surface area contributed by atoms with Gasteiger partial charge in [-0.1, -0.05) is 20.8 Å². The maximum absolute atomic E-state index is 5.75. The molecule has 0 atom stereocenters. The van der Waals surface area contributed by atoms with Crippen LogP contribution < -0.4 is 0 Å². The molecule has 3 heterocycles. The Bertz CT molecular complexity index is 759. The lowest BCUT2D eigenvalue weighted by Crippen LogP contribution is -2.47. The molecule has 0 spiro atoms. The number of hydrogen-bond acceptors (Lipinski definition) is 5. The van der Waals surface area contributed by atoms with E-state index in [0.717, 1.165) is 67.9 Å². The molecular formula is C20H32N6S. The number of aromatic nitrogens is 4. The number of rotatable bonds is 8. The van der Waals surface area contributed by atoms with E-state index in [1.54, 1.807) is 0 Å². The Morgan fingerprint density at radius 1 is 1.04 bits per heavy atom. The van der Waals surface area contributed by atoms with Gasteiger partial charge < -0.3 is 4.90 Å². The Labute approximate surface area is 167 Å². The van der Waals surface area contributed by atoms with Gasteiger partial charge in [-0.25, -0.2) is 4.68 Å². The van der Waals surface area contributed by atoms with Gasteiger partial charge in [0.1, 0.15) is 0 Å². The molecule has 0 unspecified atom stereocenters. The monoisotopic (exact) mass is 388 g/mol. The standard InChI is InChI=1S/C20H32N6S/c1-4-10-25-19(18-5-8-21-9-6-18)22-26(20(25)27)16-24-14-12-23(13-15-24)11-7-17(2)3/h5-6,8-9,17H,4,7,10-16H2,1-3H3. The highest BCUT2D eigenvalue weighted by Gasteiger charge is 2.19. The van der Waals surface area contributed by atoms with Gasteiger partial charge in [0.25, 0.3) is 0 Å². The van der Waals surface area contributed by atoms with E-state index in [9.17, 15) is 0 Å². The fraction of sp³-hybridized carbons (Fsp3) is 0.650. The molecule has 0 N–H and O–H groups in total. The molecule has 0 bridgehead atoms. The zero-order chi connectivity index (χ0) is 19.2. The van der Waals surface area contributed by atoms with Crippen LogP contribution in [0, 0.1) is 10.7 Å². The molecular weight excluding hydrogens is 356 g/mol. The van der Waals surface area contributed by atoms with Gasteiger partial charge in [-0.05, 0) is 49.7 Å². The van der Waals surface area contributed by atoms with Gasteiger partial charge in [0.05, 0.1) is 6.67 Å². The predicted octanol–water partition coefficient (Wildman–Crippen LogP) is 3.51. The number of hydrogen-bond donors (Lipinski definition) is 0. The lowest BCUT2D eigenvalue weighted by molar-refractivity contribution is 0.0993. The zero-order valence-corrected chi connectivity index (χ0v) is 17.7. The minimum absolute atomic E-state index is 0.769. The van der Waals surface area contributed by atoms with Gasteiger partial charge in [-0.3, -0.25) is 14.5 Å². The average molecular weight is 389 g/mol. The number of piperazine rings is 1. The maximum atomic E-state index is 5.75. The molecule has 1 aliphatic rings. The summed E-state index contributed by atoms with van der Waals surface area (Å²) in [7, 11) is 0. The summed E-state index contributed by atoms with van der Waals surface area (Å²) in [5.74, 6) is 1.72. The number of pyridine rings is 1. The summed E-state index contributed by atoms with van der Waals surface area (Å²) in [5, 5.41) is 4.86. The summed E-state index contributed by atoms with van der Waals surface area (Å²) in [6, 6.07) is 4.00. The largest absolute Gasteiger partial charge is 0.301 e. The van der Waals surface area contributed by atoms with Crippen LogP contribution in [0.4, 0.5) is 0 Å². The van der Waals surface area contributed by atoms with Crippen molar-refractivity contribution in [2.24, 2.45) is 5.92 Å². The van der Waals surface area contributed by atoms with Crippen LogP contribution in [0.2, 0.25) is 0 Å². The molecule has 2 aromatic heterocycles. The molecule has 1 aliphatic heterocycles. The third-order valence-corrected chi connectivity index (χ3v) is 5.56. The van der Waals surface area contributed by atoms with Gasteiger partial charge in [0, 0.05) is 50.7 Å². The van der Waals surface area contributed by atoms with E-state index < -0.39 is 0 Å². The summed E-state index contributed by atoms with van der Waals surface area (Å²) in [5.41, 5.74) is 1.07. The Morgan fingerprint density at radius 2 is 1.70 bits per heavy atom. The first-order valence-electron chi connectivity index (χ1n) is 10.1. The maximum Gasteiger partial charge on any atom is 0.199 e. The lowest BCUT2D eigenvalue weighted by atomic mass is 10.1. The van der Waals surface area contributed by atoms with Crippen LogP contribution >= 0.6 is 12.2 Å². The molecule has 1 fully saturated rings. The second kappa shape index (κ2) is 9.57. The quantitative estimate of drug-likeness (QED) is 0.648. The zero-order valence-electron chi connectivity index (χ0n) is 16.8. The van der Waals surface area contributed by atoms with Crippen molar-refractivity contribution in [3.05, 3.63) is 29.3 Å². The highest BCUT2D eigenvalue weighted by molar-refractivity contribution is 7.71. The predicted molar refractivity (Wildman–Crippen MR) is 112 cm³/mol. The summed E-state index contributed by atoms with van der Waals surface area (Å²) in [4.78, 5) is 9.16. The Morgan fingerprint density at radius 3 is 2.33 bits per heavy atom. The minimum Gasteiger partial charge on any atom is -0.301 e. The normalized spacial score (nSPS) is 16.3. The minimum atomic E-state index is 0.769. The molecule has 2 aromatic rings. The summed E-state index contributed by atoms with van der Waals surface area (Å²) < 4.78 is 4.96. The van der Waals surface area contributed by atoms with Crippen molar-refractivity contribution in [1.29, 1.82) is 0 Å². The van der Waals surface area contributed by atoms with Crippen LogP contribution in [0.5, 0.6) is 0 Å². The third kappa shape index (κ3) is 5.24. The fourth-order valence-electron chi connectivity index (χ4n) is 3.46. The van der Waals surface area contributed by atoms with Gasteiger partial charge in [0.15, 0.2) is 10.6 Å². The first-order chi connectivity index (χ1) is 13.1. The van der Waals surface area contributed by atoms with Crippen molar-refractivity contribution < 1.29 is 0 Å². The SMILES string of the molecule is CCCn1c(-c2ccncc2)nn(CN2CCN(CCC(C)C)CC2)c1=S. The van der Waals surface area contributed by atoms with Crippen LogP contribution in [0.3, 0.4) is 0 Å². The van der Waals surface area contributed by atoms with Crippen LogP contribution in [0.15, 0.2) is 24.5 Å².